The van der Waals surface area contributed by atoms with Gasteiger partial charge in [-0.05, 0) is 5.56 Å². The zero-order valence-corrected chi connectivity index (χ0v) is 8.01. The minimum atomic E-state index is -0.789. The zero-order valence-electron chi connectivity index (χ0n) is 8.01. The quantitative estimate of drug-likeness (QED) is 0.425. The number of primary amides is 1. The summed E-state index contributed by atoms with van der Waals surface area (Å²) in [5.41, 5.74) is 7.99. The number of amides is 2. The van der Waals surface area contributed by atoms with Crippen LogP contribution in [0.1, 0.15) is 5.56 Å². The van der Waals surface area contributed by atoms with Crippen LogP contribution in [-0.2, 0) is 11.2 Å². The summed E-state index contributed by atoms with van der Waals surface area (Å²) < 4.78 is 0. The fraction of sp³-hybridized carbons (Fsp3) is 0.100. The second-order valence-corrected chi connectivity index (χ2v) is 2.86. The van der Waals surface area contributed by atoms with Crippen LogP contribution in [-0.4, -0.2) is 18.0 Å². The van der Waals surface area contributed by atoms with Crippen LogP contribution in [0.4, 0.5) is 4.79 Å². The lowest BCUT2D eigenvalue weighted by Crippen LogP contribution is -2.26. The van der Waals surface area contributed by atoms with Crippen molar-refractivity contribution in [2.75, 3.05) is 0 Å². The normalized spacial score (nSPS) is 10.8. The van der Waals surface area contributed by atoms with Crippen LogP contribution >= 0.6 is 0 Å². The van der Waals surface area contributed by atoms with Crippen molar-refractivity contribution in [3.63, 3.8) is 0 Å². The highest BCUT2D eigenvalue weighted by Gasteiger charge is 2.00. The van der Waals surface area contributed by atoms with Gasteiger partial charge >= 0.3 is 6.03 Å². The van der Waals surface area contributed by atoms with E-state index in [0.29, 0.717) is 12.7 Å². The van der Waals surface area contributed by atoms with Crippen molar-refractivity contribution in [2.45, 2.75) is 6.42 Å². The number of hydrogen-bond acceptors (Lipinski definition) is 3. The molecule has 0 aliphatic heterocycles. The molecule has 3 N–H and O–H groups in total. The van der Waals surface area contributed by atoms with Gasteiger partial charge in [-0.2, -0.15) is 5.10 Å². The largest absolute Gasteiger partial charge is 0.350 e. The molecule has 1 aromatic carbocycles. The fourth-order valence-electron chi connectivity index (χ4n) is 1.04. The molecule has 78 valence electrons. The van der Waals surface area contributed by atoms with Crippen LogP contribution < -0.4 is 11.2 Å². The molecule has 15 heavy (non-hydrogen) atoms. The molecule has 0 fully saturated rings. The van der Waals surface area contributed by atoms with E-state index in [0.717, 1.165) is 5.56 Å². The molecule has 0 bridgehead atoms. The Morgan fingerprint density at radius 2 is 2.07 bits per heavy atom. The van der Waals surface area contributed by atoms with Gasteiger partial charge in [0.1, 0.15) is 5.71 Å². The van der Waals surface area contributed by atoms with Crippen LogP contribution in [0, 0.1) is 0 Å². The summed E-state index contributed by atoms with van der Waals surface area (Å²) in [5, 5.41) is 3.56. The van der Waals surface area contributed by atoms with E-state index in [-0.39, 0.29) is 5.71 Å². The highest BCUT2D eigenvalue weighted by atomic mass is 16.2. The first kappa shape index (κ1) is 10.9. The molecule has 0 aromatic heterocycles. The molecule has 0 saturated carbocycles. The lowest BCUT2D eigenvalue weighted by molar-refractivity contribution is -0.102. The van der Waals surface area contributed by atoms with Gasteiger partial charge in [0.25, 0.3) is 0 Å². The number of hydrazone groups is 1. The number of urea groups is 1. The molecule has 0 unspecified atom stereocenters. The van der Waals surface area contributed by atoms with Gasteiger partial charge in [-0.15, -0.1) is 0 Å². The van der Waals surface area contributed by atoms with Crippen molar-refractivity contribution < 1.29 is 9.59 Å². The Balaban J connectivity index is 2.65. The lowest BCUT2D eigenvalue weighted by Gasteiger charge is -1.99. The highest BCUT2D eigenvalue weighted by molar-refractivity contribution is 6.28. The summed E-state index contributed by atoms with van der Waals surface area (Å²) in [6, 6.07) is 8.54. The van der Waals surface area contributed by atoms with E-state index in [1.54, 1.807) is 0 Å². The molecule has 0 saturated heterocycles. The maximum Gasteiger partial charge on any atom is 0.332 e. The van der Waals surface area contributed by atoms with E-state index in [1.807, 2.05) is 35.8 Å². The number of benzene rings is 1. The molecule has 0 aliphatic carbocycles. The average Bonchev–Trinajstić information content (AvgIpc) is 2.25. The molecule has 5 heteroatoms. The zero-order chi connectivity index (χ0) is 11.1. The molecule has 2 amide bonds. The van der Waals surface area contributed by atoms with Gasteiger partial charge in [0.2, 0.25) is 0 Å². The molecule has 0 aliphatic rings. The predicted octanol–water partition coefficient (Wildman–Crippen LogP) is 0.452. The van der Waals surface area contributed by atoms with Crippen LogP contribution in [0.5, 0.6) is 0 Å². The van der Waals surface area contributed by atoms with Gasteiger partial charge < -0.3 is 5.73 Å². The van der Waals surface area contributed by atoms with Crippen molar-refractivity contribution in [1.82, 2.24) is 5.43 Å². The molecular formula is C10H11N3O2. The second kappa shape index (κ2) is 5.54. The molecule has 0 atom stereocenters. The number of carbonyl (C=O) groups excluding carboxylic acids is 2. The third kappa shape index (κ3) is 4.04. The first-order chi connectivity index (χ1) is 7.22. The van der Waals surface area contributed by atoms with E-state index in [4.69, 9.17) is 5.73 Å². The maximum atomic E-state index is 10.6. The number of rotatable bonds is 4. The van der Waals surface area contributed by atoms with Crippen molar-refractivity contribution in [3.8, 4) is 0 Å². The fourth-order valence-corrected chi connectivity index (χ4v) is 1.04. The van der Waals surface area contributed by atoms with Crippen molar-refractivity contribution in [2.24, 2.45) is 10.8 Å². The van der Waals surface area contributed by atoms with E-state index in [2.05, 4.69) is 5.10 Å². The first-order valence-electron chi connectivity index (χ1n) is 4.33. The summed E-state index contributed by atoms with van der Waals surface area (Å²) in [5.74, 6) is 0. The van der Waals surface area contributed by atoms with Gasteiger partial charge in [0.15, 0.2) is 6.29 Å². The predicted molar refractivity (Wildman–Crippen MR) is 56.4 cm³/mol. The molecule has 1 rings (SSSR count). The number of nitrogens with zero attached hydrogens (tertiary/aromatic N) is 1. The molecule has 5 nitrogen and oxygen atoms in total. The van der Waals surface area contributed by atoms with Crippen molar-refractivity contribution >= 4 is 18.0 Å². The third-order valence-electron chi connectivity index (χ3n) is 1.67. The number of nitrogens with two attached hydrogens (primary N) is 1. The third-order valence-corrected chi connectivity index (χ3v) is 1.67. The van der Waals surface area contributed by atoms with Gasteiger partial charge in [-0.3, -0.25) is 4.79 Å². The topological polar surface area (TPSA) is 84.6 Å². The van der Waals surface area contributed by atoms with Gasteiger partial charge in [-0.1, -0.05) is 30.3 Å². The lowest BCUT2D eigenvalue weighted by atomic mass is 10.1. The SMILES string of the molecule is NC(=O)NN=C(C=O)Cc1ccccc1. The Bertz CT molecular complexity index is 374. The van der Waals surface area contributed by atoms with Crippen LogP contribution in [0.3, 0.4) is 0 Å². The van der Waals surface area contributed by atoms with E-state index in [9.17, 15) is 9.59 Å². The Morgan fingerprint density at radius 3 is 2.60 bits per heavy atom. The number of carbonyl (C=O) groups is 2. The number of hydrogen-bond donors (Lipinski definition) is 2. The second-order valence-electron chi connectivity index (χ2n) is 2.86. The van der Waals surface area contributed by atoms with Crippen molar-refractivity contribution in [3.05, 3.63) is 35.9 Å². The summed E-state index contributed by atoms with van der Waals surface area (Å²) in [7, 11) is 0. The smallest absolute Gasteiger partial charge is 0.332 e. The summed E-state index contributed by atoms with van der Waals surface area (Å²) in [6.45, 7) is 0. The maximum absolute atomic E-state index is 10.6. The minimum absolute atomic E-state index is 0.222. The van der Waals surface area contributed by atoms with Gasteiger partial charge in [0.05, 0.1) is 0 Å². The average molecular weight is 205 g/mol. The van der Waals surface area contributed by atoms with E-state index >= 15 is 0 Å². The summed E-state index contributed by atoms with van der Waals surface area (Å²) in [4.78, 5) is 21.0. The molecule has 1 aromatic rings. The molecule has 0 radical (unpaired) electrons. The highest BCUT2D eigenvalue weighted by Crippen LogP contribution is 1.99. The Hall–Kier alpha value is -2.17. The first-order valence-corrected chi connectivity index (χ1v) is 4.33. The minimum Gasteiger partial charge on any atom is -0.350 e. The Kier molecular flexibility index (Phi) is 4.03. The number of nitrogens with one attached hydrogen (secondary N) is 1. The van der Waals surface area contributed by atoms with E-state index < -0.39 is 6.03 Å². The van der Waals surface area contributed by atoms with Gasteiger partial charge in [0, 0.05) is 6.42 Å². The van der Waals surface area contributed by atoms with Crippen LogP contribution in [0.15, 0.2) is 35.4 Å². The monoisotopic (exact) mass is 205 g/mol. The molecule has 0 spiro atoms. The van der Waals surface area contributed by atoms with Crippen molar-refractivity contribution in [1.29, 1.82) is 0 Å². The summed E-state index contributed by atoms with van der Waals surface area (Å²) >= 11 is 0. The molecular weight excluding hydrogens is 194 g/mol. The number of aldehydes is 1. The molecule has 0 heterocycles. The van der Waals surface area contributed by atoms with Crippen LogP contribution in [0.25, 0.3) is 0 Å². The van der Waals surface area contributed by atoms with E-state index in [1.165, 1.54) is 0 Å². The Morgan fingerprint density at radius 1 is 1.40 bits per heavy atom. The summed E-state index contributed by atoms with van der Waals surface area (Å²) in [6.07, 6.45) is 0.952. The Labute approximate surface area is 87.0 Å². The standard InChI is InChI=1S/C10H11N3O2/c11-10(15)13-12-9(7-14)6-8-4-2-1-3-5-8/h1-5,7H,6H2,(H3,11,13,15). The van der Waals surface area contributed by atoms with Gasteiger partial charge in [-0.25, -0.2) is 10.2 Å². The van der Waals surface area contributed by atoms with Crippen LogP contribution in [0.2, 0.25) is 0 Å².